The van der Waals surface area contributed by atoms with Gasteiger partial charge < -0.3 is 4.90 Å². The quantitative estimate of drug-likeness (QED) is 0.852. The summed E-state index contributed by atoms with van der Waals surface area (Å²) in [5, 5.41) is 3.40. The smallest absolute Gasteiger partial charge is 0.240 e. The second-order valence-electron chi connectivity index (χ2n) is 5.73. The van der Waals surface area contributed by atoms with Crippen LogP contribution in [-0.4, -0.2) is 40.6 Å². The lowest BCUT2D eigenvalue weighted by Crippen LogP contribution is -2.47. The van der Waals surface area contributed by atoms with Gasteiger partial charge in [-0.15, -0.1) is 0 Å². The van der Waals surface area contributed by atoms with E-state index in [0.717, 1.165) is 13.0 Å². The first kappa shape index (κ1) is 14.2. The van der Waals surface area contributed by atoms with Gasteiger partial charge in [0.25, 0.3) is 0 Å². The molecule has 3 nitrogen and oxygen atoms in total. The first-order chi connectivity index (χ1) is 8.62. The highest BCUT2D eigenvalue weighted by atomic mass is 32.2. The number of amides is 1. The van der Waals surface area contributed by atoms with Crippen molar-refractivity contribution in [3.63, 3.8) is 0 Å². The third-order valence-corrected chi connectivity index (χ3v) is 5.92. The van der Waals surface area contributed by atoms with Gasteiger partial charge in [-0.2, -0.15) is 11.8 Å². The van der Waals surface area contributed by atoms with Gasteiger partial charge in [0.15, 0.2) is 0 Å². The zero-order valence-corrected chi connectivity index (χ0v) is 12.7. The molecule has 0 radical (unpaired) electrons. The van der Waals surface area contributed by atoms with Crippen molar-refractivity contribution in [1.82, 2.24) is 10.2 Å². The molecule has 0 aromatic heterocycles. The molecule has 1 N–H and O–H groups in total. The fourth-order valence-electron chi connectivity index (χ4n) is 3.31. The molecule has 2 rings (SSSR count). The molecule has 2 fully saturated rings. The molecule has 2 unspecified atom stereocenters. The Morgan fingerprint density at radius 2 is 2.06 bits per heavy atom. The molecule has 18 heavy (non-hydrogen) atoms. The summed E-state index contributed by atoms with van der Waals surface area (Å²) in [5.41, 5.74) is 0. The van der Waals surface area contributed by atoms with Crippen molar-refractivity contribution in [2.75, 3.05) is 12.8 Å². The fourth-order valence-corrected chi connectivity index (χ4v) is 4.28. The van der Waals surface area contributed by atoms with Crippen molar-refractivity contribution in [3.8, 4) is 0 Å². The van der Waals surface area contributed by atoms with Crippen molar-refractivity contribution in [2.45, 2.75) is 69.3 Å². The third kappa shape index (κ3) is 2.69. The molecule has 1 saturated carbocycles. The predicted molar refractivity (Wildman–Crippen MR) is 77.7 cm³/mol. The monoisotopic (exact) mass is 270 g/mol. The Morgan fingerprint density at radius 1 is 1.39 bits per heavy atom. The van der Waals surface area contributed by atoms with Crippen LogP contribution in [0.1, 0.15) is 52.4 Å². The molecule has 1 saturated heterocycles. The van der Waals surface area contributed by atoms with Crippen LogP contribution in [0.3, 0.4) is 0 Å². The summed E-state index contributed by atoms with van der Waals surface area (Å²) in [7, 11) is 0. The predicted octanol–water partition coefficient (Wildman–Crippen LogP) is 2.61. The zero-order valence-electron chi connectivity index (χ0n) is 11.9. The Kier molecular flexibility index (Phi) is 4.59. The van der Waals surface area contributed by atoms with E-state index < -0.39 is 0 Å². The highest BCUT2D eigenvalue weighted by molar-refractivity contribution is 8.00. The normalized spacial score (nSPS) is 31.9. The zero-order chi connectivity index (χ0) is 13.2. The van der Waals surface area contributed by atoms with Crippen LogP contribution in [0.15, 0.2) is 0 Å². The number of nitrogens with one attached hydrogen (secondary N) is 1. The minimum atomic E-state index is -0.00236. The van der Waals surface area contributed by atoms with Gasteiger partial charge in [-0.25, -0.2) is 0 Å². The van der Waals surface area contributed by atoms with Crippen LogP contribution in [0.4, 0.5) is 0 Å². The largest absolute Gasteiger partial charge is 0.324 e. The molecular weight excluding hydrogens is 244 g/mol. The number of thioether (sulfide) groups is 1. The Hall–Kier alpha value is -0.220. The number of carbonyl (C=O) groups is 1. The number of nitrogens with zero attached hydrogens (tertiary/aromatic N) is 1. The molecule has 0 bridgehead atoms. The topological polar surface area (TPSA) is 32.3 Å². The van der Waals surface area contributed by atoms with Gasteiger partial charge in [-0.05, 0) is 32.4 Å². The van der Waals surface area contributed by atoms with Gasteiger partial charge in [0.1, 0.15) is 0 Å². The summed E-state index contributed by atoms with van der Waals surface area (Å²) in [6, 6.07) is -0.00236. The molecule has 104 valence electrons. The van der Waals surface area contributed by atoms with E-state index in [-0.39, 0.29) is 12.2 Å². The van der Waals surface area contributed by atoms with Gasteiger partial charge in [-0.3, -0.25) is 10.1 Å². The van der Waals surface area contributed by atoms with E-state index in [4.69, 9.17) is 0 Å². The molecule has 0 aromatic carbocycles. The fraction of sp³-hybridized carbons (Fsp3) is 0.929. The summed E-state index contributed by atoms with van der Waals surface area (Å²) in [6.45, 7) is 5.07. The molecule has 0 aromatic rings. The number of hydrogen-bond donors (Lipinski definition) is 1. The van der Waals surface area contributed by atoms with E-state index in [1.807, 2.05) is 18.7 Å². The van der Waals surface area contributed by atoms with Gasteiger partial charge in [0.05, 0.1) is 12.2 Å². The SMILES string of the molecule is CCC1NC(C)C(=O)N1CC1(SC)CCCCC1. The van der Waals surface area contributed by atoms with Crippen LogP contribution in [0, 0.1) is 0 Å². The van der Waals surface area contributed by atoms with Gasteiger partial charge in [-0.1, -0.05) is 26.2 Å². The third-order valence-electron chi connectivity index (χ3n) is 4.52. The van der Waals surface area contributed by atoms with Crippen molar-refractivity contribution in [1.29, 1.82) is 0 Å². The Bertz CT molecular complexity index is 302. The molecule has 0 spiro atoms. The van der Waals surface area contributed by atoms with Gasteiger partial charge in [0, 0.05) is 11.3 Å². The minimum absolute atomic E-state index is 0.00236. The van der Waals surface area contributed by atoms with Crippen molar-refractivity contribution in [2.24, 2.45) is 0 Å². The van der Waals surface area contributed by atoms with Gasteiger partial charge in [0.2, 0.25) is 5.91 Å². The van der Waals surface area contributed by atoms with Crippen LogP contribution in [-0.2, 0) is 4.79 Å². The lowest BCUT2D eigenvalue weighted by molar-refractivity contribution is -0.130. The molecule has 1 aliphatic heterocycles. The maximum absolute atomic E-state index is 12.3. The minimum Gasteiger partial charge on any atom is -0.324 e. The molecule has 2 aliphatic rings. The highest BCUT2D eigenvalue weighted by Gasteiger charge is 2.41. The maximum Gasteiger partial charge on any atom is 0.240 e. The molecular formula is C14H26N2OS. The summed E-state index contributed by atoms with van der Waals surface area (Å²) in [5.74, 6) is 0.292. The first-order valence-electron chi connectivity index (χ1n) is 7.23. The van der Waals surface area contributed by atoms with E-state index in [0.29, 0.717) is 10.7 Å². The number of carbonyl (C=O) groups excluding carboxylic acids is 1. The van der Waals surface area contributed by atoms with E-state index >= 15 is 0 Å². The standard InChI is InChI=1S/C14H26N2OS/c1-4-12-15-11(2)13(17)16(12)10-14(18-3)8-6-5-7-9-14/h11-12,15H,4-10H2,1-3H3. The van der Waals surface area contributed by atoms with Crippen molar-refractivity contribution < 1.29 is 4.79 Å². The highest BCUT2D eigenvalue weighted by Crippen LogP contribution is 2.40. The summed E-state index contributed by atoms with van der Waals surface area (Å²) in [6.07, 6.45) is 10.0. The first-order valence-corrected chi connectivity index (χ1v) is 8.46. The Balaban J connectivity index is 2.08. The Morgan fingerprint density at radius 3 is 2.61 bits per heavy atom. The van der Waals surface area contributed by atoms with Crippen LogP contribution < -0.4 is 5.32 Å². The van der Waals surface area contributed by atoms with E-state index in [1.165, 1.54) is 32.1 Å². The molecule has 1 heterocycles. The Labute approximate surface area is 115 Å². The van der Waals surface area contributed by atoms with E-state index in [9.17, 15) is 4.79 Å². The lowest BCUT2D eigenvalue weighted by Gasteiger charge is -2.40. The second kappa shape index (κ2) is 5.83. The molecule has 4 heteroatoms. The molecule has 1 aliphatic carbocycles. The van der Waals surface area contributed by atoms with Gasteiger partial charge >= 0.3 is 0 Å². The van der Waals surface area contributed by atoms with Crippen LogP contribution in [0.25, 0.3) is 0 Å². The molecule has 1 amide bonds. The number of hydrogen-bond acceptors (Lipinski definition) is 3. The van der Waals surface area contributed by atoms with Crippen LogP contribution in [0.5, 0.6) is 0 Å². The molecule has 2 atom stereocenters. The van der Waals surface area contributed by atoms with Crippen molar-refractivity contribution in [3.05, 3.63) is 0 Å². The van der Waals surface area contributed by atoms with Crippen LogP contribution in [0.2, 0.25) is 0 Å². The summed E-state index contributed by atoms with van der Waals surface area (Å²) in [4.78, 5) is 14.4. The van der Waals surface area contributed by atoms with Crippen LogP contribution >= 0.6 is 11.8 Å². The summed E-state index contributed by atoms with van der Waals surface area (Å²) < 4.78 is 0.313. The lowest BCUT2D eigenvalue weighted by atomic mass is 9.87. The maximum atomic E-state index is 12.3. The average molecular weight is 270 g/mol. The summed E-state index contributed by atoms with van der Waals surface area (Å²) >= 11 is 1.97. The average Bonchev–Trinajstić information content (AvgIpc) is 2.67. The van der Waals surface area contributed by atoms with E-state index in [1.54, 1.807) is 0 Å². The second-order valence-corrected chi connectivity index (χ2v) is 7.00. The van der Waals surface area contributed by atoms with Crippen molar-refractivity contribution >= 4 is 17.7 Å². The number of rotatable bonds is 4. The van der Waals surface area contributed by atoms with E-state index in [2.05, 4.69) is 23.4 Å².